The molecule has 1 aromatic heterocycles. The Morgan fingerprint density at radius 1 is 0.842 bits per heavy atom. The molecule has 0 saturated carbocycles. The van der Waals surface area contributed by atoms with E-state index in [1.807, 2.05) is 30.3 Å². The van der Waals surface area contributed by atoms with E-state index in [9.17, 15) is 8.42 Å². The largest absolute Gasteiger partial charge is 0.321 e. The Labute approximate surface area is 111 Å². The lowest BCUT2D eigenvalue weighted by molar-refractivity contribution is 0.590. The van der Waals surface area contributed by atoms with Crippen LogP contribution in [0.25, 0.3) is 11.4 Å². The quantitative estimate of drug-likeness (QED) is 0.867. The standard InChI is InChI=1S/C13H11N3O2S/c17-19(18)15-12(10-5-2-1-3-6-10)13(16-19)11-7-4-8-14-9-11/h1-9,15-16H. The van der Waals surface area contributed by atoms with E-state index in [1.165, 1.54) is 0 Å². The Morgan fingerprint density at radius 2 is 1.47 bits per heavy atom. The van der Waals surface area contributed by atoms with Gasteiger partial charge in [-0.15, -0.1) is 0 Å². The molecule has 0 fully saturated rings. The Hall–Kier alpha value is -2.34. The van der Waals surface area contributed by atoms with Crippen molar-refractivity contribution >= 4 is 21.6 Å². The molecular weight excluding hydrogens is 262 g/mol. The van der Waals surface area contributed by atoms with Crippen LogP contribution in [0.2, 0.25) is 0 Å². The van der Waals surface area contributed by atoms with E-state index in [0.717, 1.165) is 11.1 Å². The third-order valence-electron chi connectivity index (χ3n) is 2.74. The summed E-state index contributed by atoms with van der Waals surface area (Å²) in [6, 6.07) is 12.9. The molecule has 1 aliphatic heterocycles. The lowest BCUT2D eigenvalue weighted by Gasteiger charge is -2.04. The summed E-state index contributed by atoms with van der Waals surface area (Å²) in [4.78, 5) is 4.01. The average molecular weight is 273 g/mol. The first kappa shape index (κ1) is 11.7. The number of benzene rings is 1. The van der Waals surface area contributed by atoms with Crippen LogP contribution < -0.4 is 9.44 Å². The Morgan fingerprint density at radius 3 is 2.11 bits per heavy atom. The molecule has 2 N–H and O–H groups in total. The van der Waals surface area contributed by atoms with E-state index in [0.29, 0.717) is 11.4 Å². The highest BCUT2D eigenvalue weighted by Gasteiger charge is 2.27. The third-order valence-corrected chi connectivity index (χ3v) is 3.68. The van der Waals surface area contributed by atoms with Crippen molar-refractivity contribution in [3.63, 3.8) is 0 Å². The van der Waals surface area contributed by atoms with E-state index in [-0.39, 0.29) is 0 Å². The molecular formula is C13H11N3O2S. The second-order valence-electron chi connectivity index (χ2n) is 4.07. The maximum atomic E-state index is 11.7. The van der Waals surface area contributed by atoms with Crippen molar-refractivity contribution in [3.8, 4) is 0 Å². The van der Waals surface area contributed by atoms with Gasteiger partial charge in [0.05, 0.1) is 11.4 Å². The molecule has 0 saturated heterocycles. The number of aromatic nitrogens is 1. The molecule has 96 valence electrons. The zero-order valence-electron chi connectivity index (χ0n) is 9.87. The number of rotatable bonds is 2. The van der Waals surface area contributed by atoms with E-state index in [2.05, 4.69) is 14.4 Å². The van der Waals surface area contributed by atoms with Gasteiger partial charge in [-0.05, 0) is 12.1 Å². The van der Waals surface area contributed by atoms with Gasteiger partial charge in [0.15, 0.2) is 0 Å². The van der Waals surface area contributed by atoms with Crippen LogP contribution in [0, 0.1) is 0 Å². The van der Waals surface area contributed by atoms with E-state index >= 15 is 0 Å². The fourth-order valence-electron chi connectivity index (χ4n) is 1.92. The first-order chi connectivity index (χ1) is 9.16. The smallest absolute Gasteiger partial charge is 0.264 e. The fourth-order valence-corrected chi connectivity index (χ4v) is 2.95. The summed E-state index contributed by atoms with van der Waals surface area (Å²) in [5.41, 5.74) is 2.57. The molecule has 0 unspecified atom stereocenters. The van der Waals surface area contributed by atoms with Crippen LogP contribution in [0.3, 0.4) is 0 Å². The van der Waals surface area contributed by atoms with Crippen LogP contribution in [-0.4, -0.2) is 13.4 Å². The van der Waals surface area contributed by atoms with Crippen molar-refractivity contribution < 1.29 is 8.42 Å². The van der Waals surface area contributed by atoms with E-state index in [4.69, 9.17) is 0 Å². The highest BCUT2D eigenvalue weighted by atomic mass is 32.2. The van der Waals surface area contributed by atoms with Gasteiger partial charge in [0.25, 0.3) is 0 Å². The van der Waals surface area contributed by atoms with Crippen molar-refractivity contribution in [3.05, 3.63) is 66.0 Å². The molecule has 0 atom stereocenters. The summed E-state index contributed by atoms with van der Waals surface area (Å²) in [5.74, 6) is 0. The number of hydrogen-bond donors (Lipinski definition) is 2. The Balaban J connectivity index is 2.16. The zero-order chi connectivity index (χ0) is 13.3. The maximum Gasteiger partial charge on any atom is 0.321 e. The first-order valence-corrected chi connectivity index (χ1v) is 7.15. The molecule has 0 radical (unpaired) electrons. The second kappa shape index (κ2) is 4.40. The molecule has 1 aliphatic rings. The highest BCUT2D eigenvalue weighted by Crippen LogP contribution is 2.27. The van der Waals surface area contributed by atoms with Crippen molar-refractivity contribution in [2.24, 2.45) is 0 Å². The first-order valence-electron chi connectivity index (χ1n) is 5.66. The van der Waals surface area contributed by atoms with Gasteiger partial charge < -0.3 is 0 Å². The molecule has 0 amide bonds. The van der Waals surface area contributed by atoms with Gasteiger partial charge in [-0.25, -0.2) is 0 Å². The van der Waals surface area contributed by atoms with Crippen LogP contribution in [0.15, 0.2) is 54.9 Å². The van der Waals surface area contributed by atoms with Crippen molar-refractivity contribution in [1.29, 1.82) is 0 Å². The highest BCUT2D eigenvalue weighted by molar-refractivity contribution is 7.88. The van der Waals surface area contributed by atoms with E-state index < -0.39 is 10.2 Å². The average Bonchev–Trinajstić information content (AvgIpc) is 2.77. The zero-order valence-corrected chi connectivity index (χ0v) is 10.7. The predicted octanol–water partition coefficient (Wildman–Crippen LogP) is 1.34. The van der Waals surface area contributed by atoms with Crippen LogP contribution in [0.1, 0.15) is 11.1 Å². The lowest BCUT2D eigenvalue weighted by atomic mass is 10.1. The Bertz CT molecular complexity index is 667. The van der Waals surface area contributed by atoms with Crippen LogP contribution in [0.4, 0.5) is 0 Å². The number of nitrogens with zero attached hydrogens (tertiary/aromatic N) is 1. The van der Waals surface area contributed by atoms with Crippen molar-refractivity contribution in [2.45, 2.75) is 0 Å². The van der Waals surface area contributed by atoms with Gasteiger partial charge in [0.1, 0.15) is 0 Å². The number of pyridine rings is 1. The van der Waals surface area contributed by atoms with Gasteiger partial charge in [-0.1, -0.05) is 30.3 Å². The molecule has 1 aromatic carbocycles. The molecule has 2 heterocycles. The monoisotopic (exact) mass is 273 g/mol. The van der Waals surface area contributed by atoms with Crippen molar-refractivity contribution in [2.75, 3.05) is 0 Å². The van der Waals surface area contributed by atoms with Gasteiger partial charge >= 0.3 is 10.2 Å². The third kappa shape index (κ3) is 2.30. The lowest BCUT2D eigenvalue weighted by Crippen LogP contribution is -2.25. The number of nitrogens with one attached hydrogen (secondary N) is 2. The Kier molecular flexibility index (Phi) is 2.72. The molecule has 5 nitrogen and oxygen atoms in total. The summed E-state index contributed by atoms with van der Waals surface area (Å²) in [5, 5.41) is 0. The molecule has 3 rings (SSSR count). The van der Waals surface area contributed by atoms with Gasteiger partial charge in [-0.3, -0.25) is 14.4 Å². The summed E-state index contributed by atoms with van der Waals surface area (Å²) in [7, 11) is -3.54. The predicted molar refractivity (Wildman–Crippen MR) is 72.7 cm³/mol. The summed E-state index contributed by atoms with van der Waals surface area (Å²) >= 11 is 0. The van der Waals surface area contributed by atoms with Crippen LogP contribution in [-0.2, 0) is 10.2 Å². The normalized spacial score (nSPS) is 16.8. The van der Waals surface area contributed by atoms with E-state index in [1.54, 1.807) is 24.5 Å². The van der Waals surface area contributed by atoms with Crippen LogP contribution in [0.5, 0.6) is 0 Å². The summed E-state index contributed by atoms with van der Waals surface area (Å²) < 4.78 is 28.4. The molecule has 2 aromatic rings. The summed E-state index contributed by atoms with van der Waals surface area (Å²) in [6.07, 6.45) is 3.26. The topological polar surface area (TPSA) is 71.1 Å². The SMILES string of the molecule is O=S1(=O)NC(c2ccccc2)=C(c2cccnc2)N1. The minimum Gasteiger partial charge on any atom is -0.264 e. The van der Waals surface area contributed by atoms with Gasteiger partial charge in [0, 0.05) is 23.5 Å². The van der Waals surface area contributed by atoms with Crippen LogP contribution >= 0.6 is 0 Å². The minimum atomic E-state index is -3.54. The van der Waals surface area contributed by atoms with Gasteiger partial charge in [-0.2, -0.15) is 8.42 Å². The molecule has 19 heavy (non-hydrogen) atoms. The van der Waals surface area contributed by atoms with Crippen molar-refractivity contribution in [1.82, 2.24) is 14.4 Å². The second-order valence-corrected chi connectivity index (χ2v) is 5.48. The summed E-state index contributed by atoms with van der Waals surface area (Å²) in [6.45, 7) is 0. The molecule has 0 bridgehead atoms. The fraction of sp³-hybridized carbons (Fsp3) is 0. The minimum absolute atomic E-state index is 0.513. The number of hydrogen-bond acceptors (Lipinski definition) is 3. The maximum absolute atomic E-state index is 11.7. The molecule has 6 heteroatoms. The molecule has 0 aliphatic carbocycles. The molecule has 0 spiro atoms. The van der Waals surface area contributed by atoms with Gasteiger partial charge in [0.2, 0.25) is 0 Å².